The molecule has 2 amide bonds. The highest BCUT2D eigenvalue weighted by molar-refractivity contribution is 9.10. The van der Waals surface area contributed by atoms with Crippen molar-refractivity contribution in [2.75, 3.05) is 13.7 Å². The summed E-state index contributed by atoms with van der Waals surface area (Å²) in [4.78, 5) is 24.7. The highest BCUT2D eigenvalue weighted by Gasteiger charge is 2.31. The number of rotatable bonds is 3. The van der Waals surface area contributed by atoms with Crippen molar-refractivity contribution in [3.63, 3.8) is 0 Å². The first-order valence-electron chi connectivity index (χ1n) is 7.04. The molecule has 0 bridgehead atoms. The Morgan fingerprint density at radius 1 is 1.38 bits per heavy atom. The number of imide groups is 1. The number of likely N-dealkylation sites (tertiary alicyclic amines) is 1. The van der Waals surface area contributed by atoms with E-state index < -0.39 is 0 Å². The summed E-state index contributed by atoms with van der Waals surface area (Å²) in [5.41, 5.74) is 2.24. The lowest BCUT2D eigenvalue weighted by atomic mass is 10.0. The van der Waals surface area contributed by atoms with Gasteiger partial charge in [0.1, 0.15) is 5.75 Å². The Kier molecular flexibility index (Phi) is 3.99. The molecule has 3 rings (SSSR count). The Bertz CT molecular complexity index is 603. The summed E-state index contributed by atoms with van der Waals surface area (Å²) in [6.45, 7) is 1.26. The van der Waals surface area contributed by atoms with E-state index in [1.165, 1.54) is 10.5 Å². The molecule has 5 nitrogen and oxygen atoms in total. The maximum atomic E-state index is 12.1. The number of halogens is 1. The monoisotopic (exact) mass is 352 g/mol. The first kappa shape index (κ1) is 14.5. The van der Waals surface area contributed by atoms with Gasteiger partial charge in [0.15, 0.2) is 0 Å². The van der Waals surface area contributed by atoms with Crippen LogP contribution in [-0.2, 0) is 22.6 Å². The summed E-state index contributed by atoms with van der Waals surface area (Å²) in [6.07, 6.45) is 1.88. The SMILES string of the molecule is CN1C(=O)CCC(NCc2cc(Br)cc3c2OCC3)C1=O. The molecule has 1 atom stereocenters. The second-order valence-electron chi connectivity index (χ2n) is 5.41. The molecule has 1 N–H and O–H groups in total. The Morgan fingerprint density at radius 2 is 2.19 bits per heavy atom. The van der Waals surface area contributed by atoms with Crippen molar-refractivity contribution in [1.29, 1.82) is 0 Å². The van der Waals surface area contributed by atoms with E-state index in [4.69, 9.17) is 4.74 Å². The minimum absolute atomic E-state index is 0.107. The van der Waals surface area contributed by atoms with Crippen LogP contribution in [-0.4, -0.2) is 36.4 Å². The van der Waals surface area contributed by atoms with Crippen LogP contribution in [0.25, 0.3) is 0 Å². The topological polar surface area (TPSA) is 58.6 Å². The summed E-state index contributed by atoms with van der Waals surface area (Å²) < 4.78 is 6.70. The number of benzene rings is 1. The number of piperidine rings is 1. The number of nitrogens with zero attached hydrogens (tertiary/aromatic N) is 1. The van der Waals surface area contributed by atoms with Crippen molar-refractivity contribution in [2.24, 2.45) is 0 Å². The number of amides is 2. The average Bonchev–Trinajstić information content (AvgIpc) is 2.92. The van der Waals surface area contributed by atoms with Crippen molar-refractivity contribution in [1.82, 2.24) is 10.2 Å². The van der Waals surface area contributed by atoms with Crippen LogP contribution in [0.4, 0.5) is 0 Å². The normalized spacial score (nSPS) is 21.4. The number of ether oxygens (including phenoxy) is 1. The highest BCUT2D eigenvalue weighted by atomic mass is 79.9. The number of hydrogen-bond acceptors (Lipinski definition) is 4. The van der Waals surface area contributed by atoms with Gasteiger partial charge >= 0.3 is 0 Å². The van der Waals surface area contributed by atoms with E-state index in [1.54, 1.807) is 7.05 Å². The third-order valence-corrected chi connectivity index (χ3v) is 4.47. The van der Waals surface area contributed by atoms with Gasteiger partial charge in [-0.2, -0.15) is 0 Å². The lowest BCUT2D eigenvalue weighted by Gasteiger charge is -2.28. The predicted molar refractivity (Wildman–Crippen MR) is 81.0 cm³/mol. The van der Waals surface area contributed by atoms with E-state index in [9.17, 15) is 9.59 Å². The fourth-order valence-electron chi connectivity index (χ4n) is 2.82. The van der Waals surface area contributed by atoms with Gasteiger partial charge in [-0.05, 0) is 24.1 Å². The fraction of sp³-hybridized carbons (Fsp3) is 0.467. The molecule has 6 heteroatoms. The summed E-state index contributed by atoms with van der Waals surface area (Å²) in [7, 11) is 1.54. The third kappa shape index (κ3) is 2.82. The Hall–Kier alpha value is -1.40. The predicted octanol–water partition coefficient (Wildman–Crippen LogP) is 1.62. The number of fused-ring (bicyclic) bond motifs is 1. The van der Waals surface area contributed by atoms with Crippen molar-refractivity contribution < 1.29 is 14.3 Å². The van der Waals surface area contributed by atoms with Gasteiger partial charge < -0.3 is 10.1 Å². The molecule has 0 aliphatic carbocycles. The third-order valence-electron chi connectivity index (χ3n) is 4.01. The van der Waals surface area contributed by atoms with Crippen LogP contribution in [0.2, 0.25) is 0 Å². The van der Waals surface area contributed by atoms with Crippen molar-refractivity contribution in [2.45, 2.75) is 31.8 Å². The Morgan fingerprint density at radius 3 is 3.00 bits per heavy atom. The minimum atomic E-state index is -0.302. The first-order valence-corrected chi connectivity index (χ1v) is 7.83. The van der Waals surface area contributed by atoms with Crippen LogP contribution in [0, 0.1) is 0 Å². The van der Waals surface area contributed by atoms with Gasteiger partial charge in [0.25, 0.3) is 0 Å². The van der Waals surface area contributed by atoms with Crippen LogP contribution in [0.15, 0.2) is 16.6 Å². The van der Waals surface area contributed by atoms with Crippen molar-refractivity contribution >= 4 is 27.7 Å². The summed E-state index contributed by atoms with van der Waals surface area (Å²) in [5.74, 6) is 0.668. The average molecular weight is 353 g/mol. The molecular weight excluding hydrogens is 336 g/mol. The summed E-state index contributed by atoms with van der Waals surface area (Å²) >= 11 is 3.51. The zero-order valence-electron chi connectivity index (χ0n) is 11.8. The van der Waals surface area contributed by atoms with Gasteiger partial charge in [-0.15, -0.1) is 0 Å². The van der Waals surface area contributed by atoms with E-state index in [0.717, 1.165) is 22.2 Å². The van der Waals surface area contributed by atoms with E-state index in [2.05, 4.69) is 27.3 Å². The number of carbonyl (C=O) groups is 2. The molecule has 2 aliphatic rings. The summed E-state index contributed by atoms with van der Waals surface area (Å²) in [5, 5.41) is 3.25. The van der Waals surface area contributed by atoms with Crippen LogP contribution in [0.5, 0.6) is 5.75 Å². The van der Waals surface area contributed by atoms with Gasteiger partial charge in [0.05, 0.1) is 12.6 Å². The number of carbonyl (C=O) groups excluding carboxylic acids is 2. The van der Waals surface area contributed by atoms with Crippen LogP contribution < -0.4 is 10.1 Å². The molecule has 0 radical (unpaired) electrons. The standard InChI is InChI=1S/C15H17BrN2O3/c1-18-13(19)3-2-12(15(18)20)17-8-10-7-11(16)6-9-4-5-21-14(9)10/h6-7,12,17H,2-5,8H2,1H3. The highest BCUT2D eigenvalue weighted by Crippen LogP contribution is 2.33. The molecule has 112 valence electrons. The fourth-order valence-corrected chi connectivity index (χ4v) is 3.37. The van der Waals surface area contributed by atoms with Crippen molar-refractivity contribution in [3.05, 3.63) is 27.7 Å². The molecule has 1 unspecified atom stereocenters. The van der Waals surface area contributed by atoms with Crippen LogP contribution in [0.1, 0.15) is 24.0 Å². The molecule has 0 spiro atoms. The van der Waals surface area contributed by atoms with Gasteiger partial charge in [-0.25, -0.2) is 0 Å². The Balaban J connectivity index is 1.71. The molecule has 1 fully saturated rings. The van der Waals surface area contributed by atoms with E-state index in [0.29, 0.717) is 26.0 Å². The van der Waals surface area contributed by atoms with Crippen molar-refractivity contribution in [3.8, 4) is 5.75 Å². The van der Waals surface area contributed by atoms with Gasteiger partial charge in [-0.1, -0.05) is 15.9 Å². The molecule has 21 heavy (non-hydrogen) atoms. The molecular formula is C15H17BrN2O3. The summed E-state index contributed by atoms with van der Waals surface area (Å²) in [6, 6.07) is 3.78. The zero-order chi connectivity index (χ0) is 15.0. The van der Waals surface area contributed by atoms with Gasteiger partial charge in [0, 0.05) is 36.5 Å². The number of likely N-dealkylation sites (N-methyl/N-ethyl adjacent to an activating group) is 1. The lowest BCUT2D eigenvalue weighted by molar-refractivity contribution is -0.148. The molecule has 1 aromatic rings. The van der Waals surface area contributed by atoms with Crippen LogP contribution in [0.3, 0.4) is 0 Å². The second kappa shape index (κ2) is 5.77. The second-order valence-corrected chi connectivity index (χ2v) is 6.33. The molecule has 2 aliphatic heterocycles. The van der Waals surface area contributed by atoms with Gasteiger partial charge in [0.2, 0.25) is 11.8 Å². The Labute approximate surface area is 131 Å². The minimum Gasteiger partial charge on any atom is -0.493 e. The van der Waals surface area contributed by atoms with Gasteiger partial charge in [-0.3, -0.25) is 14.5 Å². The molecule has 2 heterocycles. The smallest absolute Gasteiger partial charge is 0.246 e. The zero-order valence-corrected chi connectivity index (χ0v) is 13.4. The maximum absolute atomic E-state index is 12.1. The maximum Gasteiger partial charge on any atom is 0.246 e. The first-order chi connectivity index (χ1) is 10.1. The molecule has 1 saturated heterocycles. The molecule has 0 aromatic heterocycles. The number of hydrogen-bond donors (Lipinski definition) is 1. The molecule has 0 saturated carbocycles. The van der Waals surface area contributed by atoms with E-state index >= 15 is 0 Å². The molecule has 1 aromatic carbocycles. The lowest BCUT2D eigenvalue weighted by Crippen LogP contribution is -2.51. The number of nitrogens with one attached hydrogen (secondary N) is 1. The quantitative estimate of drug-likeness (QED) is 0.839. The van der Waals surface area contributed by atoms with E-state index in [1.807, 2.05) is 6.07 Å². The van der Waals surface area contributed by atoms with Crippen LogP contribution >= 0.6 is 15.9 Å². The van der Waals surface area contributed by atoms with E-state index in [-0.39, 0.29) is 17.9 Å². The largest absolute Gasteiger partial charge is 0.493 e.